The molecule has 1 aromatic carbocycles. The van der Waals surface area contributed by atoms with Crippen LogP contribution in [0.15, 0.2) is 18.2 Å². The predicted molar refractivity (Wildman–Crippen MR) is 83.8 cm³/mol. The van der Waals surface area contributed by atoms with Crippen molar-refractivity contribution < 1.29 is 9.47 Å². The van der Waals surface area contributed by atoms with Gasteiger partial charge in [-0.2, -0.15) is 0 Å². The van der Waals surface area contributed by atoms with Gasteiger partial charge in [0.1, 0.15) is 11.5 Å². The van der Waals surface area contributed by atoms with Crippen LogP contribution in [-0.4, -0.2) is 20.3 Å². The van der Waals surface area contributed by atoms with E-state index in [1.165, 1.54) is 32.1 Å². The van der Waals surface area contributed by atoms with Crippen molar-refractivity contribution in [2.75, 3.05) is 19.5 Å². The number of ether oxygens (including phenoxy) is 2. The molecule has 1 aliphatic carbocycles. The van der Waals surface area contributed by atoms with Gasteiger partial charge >= 0.3 is 0 Å². The molecule has 0 aromatic heterocycles. The van der Waals surface area contributed by atoms with Crippen molar-refractivity contribution in [1.82, 2.24) is 0 Å². The van der Waals surface area contributed by atoms with Gasteiger partial charge < -0.3 is 14.8 Å². The molecule has 3 nitrogen and oxygen atoms in total. The summed E-state index contributed by atoms with van der Waals surface area (Å²) < 4.78 is 10.7. The second-order valence-electron chi connectivity index (χ2n) is 6.50. The van der Waals surface area contributed by atoms with Crippen LogP contribution >= 0.6 is 0 Å². The Kier molecular flexibility index (Phi) is 4.79. The topological polar surface area (TPSA) is 30.5 Å². The molecule has 2 rings (SSSR count). The number of hydrogen-bond donors (Lipinski definition) is 1. The SMILES string of the molecule is COc1ccc(NC2CCCC(C)(C)CC2)c(OC)c1. The second kappa shape index (κ2) is 6.38. The third-order valence-corrected chi connectivity index (χ3v) is 4.34. The summed E-state index contributed by atoms with van der Waals surface area (Å²) in [6, 6.07) is 6.50. The highest BCUT2D eigenvalue weighted by Gasteiger charge is 2.24. The van der Waals surface area contributed by atoms with Crippen LogP contribution in [0.4, 0.5) is 5.69 Å². The third-order valence-electron chi connectivity index (χ3n) is 4.34. The first-order chi connectivity index (χ1) is 9.54. The van der Waals surface area contributed by atoms with E-state index in [4.69, 9.17) is 9.47 Å². The number of methoxy groups -OCH3 is 2. The summed E-state index contributed by atoms with van der Waals surface area (Å²) in [6.07, 6.45) is 6.36. The Hall–Kier alpha value is -1.38. The van der Waals surface area contributed by atoms with Gasteiger partial charge in [-0.1, -0.05) is 20.3 Å². The summed E-state index contributed by atoms with van der Waals surface area (Å²) in [5.74, 6) is 1.68. The van der Waals surface area contributed by atoms with E-state index in [2.05, 4.69) is 19.2 Å². The first kappa shape index (κ1) is 15.0. The Bertz CT molecular complexity index is 443. The summed E-state index contributed by atoms with van der Waals surface area (Å²) in [7, 11) is 3.38. The van der Waals surface area contributed by atoms with Crippen LogP contribution < -0.4 is 14.8 Å². The van der Waals surface area contributed by atoms with E-state index >= 15 is 0 Å². The van der Waals surface area contributed by atoms with E-state index in [1.54, 1.807) is 14.2 Å². The Morgan fingerprint density at radius 2 is 1.90 bits per heavy atom. The van der Waals surface area contributed by atoms with Crippen molar-refractivity contribution in [3.05, 3.63) is 18.2 Å². The average molecular weight is 277 g/mol. The lowest BCUT2D eigenvalue weighted by atomic mass is 9.85. The first-order valence-corrected chi connectivity index (χ1v) is 7.53. The molecule has 0 heterocycles. The van der Waals surface area contributed by atoms with Crippen molar-refractivity contribution in [3.8, 4) is 11.5 Å². The third kappa shape index (κ3) is 3.81. The number of benzene rings is 1. The number of anilines is 1. The largest absolute Gasteiger partial charge is 0.497 e. The van der Waals surface area contributed by atoms with Gasteiger partial charge in [-0.05, 0) is 43.2 Å². The van der Waals surface area contributed by atoms with Crippen molar-refractivity contribution >= 4 is 5.69 Å². The van der Waals surface area contributed by atoms with Gasteiger partial charge in [-0.3, -0.25) is 0 Å². The Labute approximate surface area is 122 Å². The lowest BCUT2D eigenvalue weighted by Crippen LogP contribution is -2.19. The molecule has 1 unspecified atom stereocenters. The van der Waals surface area contributed by atoms with Crippen LogP contribution in [0, 0.1) is 5.41 Å². The van der Waals surface area contributed by atoms with Crippen molar-refractivity contribution in [2.45, 2.75) is 52.0 Å². The molecule has 112 valence electrons. The van der Waals surface area contributed by atoms with Gasteiger partial charge in [-0.15, -0.1) is 0 Å². The highest BCUT2D eigenvalue weighted by Crippen LogP contribution is 2.36. The van der Waals surface area contributed by atoms with Crippen LogP contribution in [-0.2, 0) is 0 Å². The maximum atomic E-state index is 5.46. The fourth-order valence-electron chi connectivity index (χ4n) is 2.94. The Morgan fingerprint density at radius 1 is 1.10 bits per heavy atom. The molecule has 0 aliphatic heterocycles. The summed E-state index contributed by atoms with van der Waals surface area (Å²) in [4.78, 5) is 0. The normalized spacial score (nSPS) is 21.9. The van der Waals surface area contributed by atoms with E-state index < -0.39 is 0 Å². The van der Waals surface area contributed by atoms with E-state index in [-0.39, 0.29) is 0 Å². The molecule has 1 N–H and O–H groups in total. The van der Waals surface area contributed by atoms with Crippen molar-refractivity contribution in [2.24, 2.45) is 5.41 Å². The van der Waals surface area contributed by atoms with Crippen LogP contribution in [0.1, 0.15) is 46.0 Å². The Morgan fingerprint density at radius 3 is 2.60 bits per heavy atom. The predicted octanol–water partition coefficient (Wildman–Crippen LogP) is 4.47. The van der Waals surface area contributed by atoms with E-state index in [0.717, 1.165) is 17.2 Å². The van der Waals surface area contributed by atoms with E-state index in [9.17, 15) is 0 Å². The molecule has 1 aromatic rings. The van der Waals surface area contributed by atoms with Gasteiger partial charge in [0.25, 0.3) is 0 Å². The molecule has 20 heavy (non-hydrogen) atoms. The zero-order chi connectivity index (χ0) is 14.6. The van der Waals surface area contributed by atoms with Gasteiger partial charge in [0, 0.05) is 12.1 Å². The molecule has 1 saturated carbocycles. The standard InChI is InChI=1S/C17H27NO2/c1-17(2)10-5-6-13(9-11-17)18-15-8-7-14(19-3)12-16(15)20-4/h7-8,12-13,18H,5-6,9-11H2,1-4H3. The molecule has 0 bridgehead atoms. The zero-order valence-corrected chi connectivity index (χ0v) is 13.2. The molecular weight excluding hydrogens is 250 g/mol. The summed E-state index contributed by atoms with van der Waals surface area (Å²) in [5.41, 5.74) is 1.55. The molecular formula is C17H27NO2. The second-order valence-corrected chi connectivity index (χ2v) is 6.50. The quantitative estimate of drug-likeness (QED) is 0.823. The monoisotopic (exact) mass is 277 g/mol. The number of rotatable bonds is 4. The minimum absolute atomic E-state index is 0.487. The van der Waals surface area contributed by atoms with Crippen LogP contribution in [0.5, 0.6) is 11.5 Å². The molecule has 1 atom stereocenters. The first-order valence-electron chi connectivity index (χ1n) is 7.53. The fraction of sp³-hybridized carbons (Fsp3) is 0.647. The highest BCUT2D eigenvalue weighted by molar-refractivity contribution is 5.59. The molecule has 1 fully saturated rings. The van der Waals surface area contributed by atoms with Gasteiger partial charge in [-0.25, -0.2) is 0 Å². The van der Waals surface area contributed by atoms with Crippen LogP contribution in [0.3, 0.4) is 0 Å². The number of nitrogens with one attached hydrogen (secondary N) is 1. The molecule has 0 saturated heterocycles. The van der Waals surface area contributed by atoms with Crippen molar-refractivity contribution in [3.63, 3.8) is 0 Å². The maximum Gasteiger partial charge on any atom is 0.145 e. The van der Waals surface area contributed by atoms with Crippen molar-refractivity contribution in [1.29, 1.82) is 0 Å². The molecule has 0 amide bonds. The lowest BCUT2D eigenvalue weighted by Gasteiger charge is -2.23. The minimum Gasteiger partial charge on any atom is -0.497 e. The molecule has 1 aliphatic rings. The van der Waals surface area contributed by atoms with Gasteiger partial charge in [0.05, 0.1) is 19.9 Å². The smallest absolute Gasteiger partial charge is 0.145 e. The summed E-state index contributed by atoms with van der Waals surface area (Å²) in [6.45, 7) is 4.76. The Balaban J connectivity index is 2.06. The molecule has 0 spiro atoms. The fourth-order valence-corrected chi connectivity index (χ4v) is 2.94. The highest BCUT2D eigenvalue weighted by atomic mass is 16.5. The average Bonchev–Trinajstić information content (AvgIpc) is 2.60. The molecule has 0 radical (unpaired) electrons. The van der Waals surface area contributed by atoms with Gasteiger partial charge in [0.2, 0.25) is 0 Å². The van der Waals surface area contributed by atoms with E-state index in [0.29, 0.717) is 11.5 Å². The maximum absolute atomic E-state index is 5.46. The number of hydrogen-bond acceptors (Lipinski definition) is 3. The van der Waals surface area contributed by atoms with E-state index in [1.807, 2.05) is 18.2 Å². The molecule has 3 heteroatoms. The summed E-state index contributed by atoms with van der Waals surface area (Å²) >= 11 is 0. The lowest BCUT2D eigenvalue weighted by molar-refractivity contribution is 0.313. The minimum atomic E-state index is 0.487. The zero-order valence-electron chi connectivity index (χ0n) is 13.2. The van der Waals surface area contributed by atoms with Crippen LogP contribution in [0.25, 0.3) is 0 Å². The summed E-state index contributed by atoms with van der Waals surface area (Å²) in [5, 5.41) is 3.65. The van der Waals surface area contributed by atoms with Crippen LogP contribution in [0.2, 0.25) is 0 Å². The van der Waals surface area contributed by atoms with Gasteiger partial charge in [0.15, 0.2) is 0 Å².